The third-order valence-electron chi connectivity index (χ3n) is 4.80. The summed E-state index contributed by atoms with van der Waals surface area (Å²) in [5.74, 6) is -1.32. The largest absolute Gasteiger partial charge is 0.484 e. The number of hydrogen-bond acceptors (Lipinski definition) is 5. The van der Waals surface area contributed by atoms with Crippen LogP contribution in [0.4, 0.5) is 13.2 Å². The molecule has 0 spiro atoms. The maximum atomic E-state index is 13.4. The minimum absolute atomic E-state index is 0.0553. The molecular weight excluding hydrogens is 443 g/mol. The summed E-state index contributed by atoms with van der Waals surface area (Å²) in [6.45, 7) is 1.43. The van der Waals surface area contributed by atoms with Crippen LogP contribution in [0.2, 0.25) is 0 Å². The van der Waals surface area contributed by atoms with Crippen molar-refractivity contribution >= 4 is 28.3 Å². The molecule has 0 fully saturated rings. The first-order valence-electron chi connectivity index (χ1n) is 9.26. The zero-order valence-corrected chi connectivity index (χ0v) is 17.2. The summed E-state index contributed by atoms with van der Waals surface area (Å²) in [6, 6.07) is 13.4. The molecule has 0 saturated carbocycles. The molecule has 2 aromatic heterocycles. The molecule has 0 saturated heterocycles. The highest BCUT2D eigenvalue weighted by Crippen LogP contribution is 2.39. The van der Waals surface area contributed by atoms with Gasteiger partial charge >= 0.3 is 12.1 Å². The summed E-state index contributed by atoms with van der Waals surface area (Å²) in [5.41, 5.74) is 0.650. The van der Waals surface area contributed by atoms with Crippen LogP contribution >= 0.6 is 11.3 Å². The molecule has 0 aliphatic heterocycles. The van der Waals surface area contributed by atoms with E-state index >= 15 is 0 Å². The minimum Gasteiger partial charge on any atom is -0.484 e. The van der Waals surface area contributed by atoms with Crippen LogP contribution in [0.25, 0.3) is 16.0 Å². The first kappa shape index (κ1) is 21.4. The van der Waals surface area contributed by atoms with Crippen LogP contribution in [0.1, 0.15) is 39.4 Å². The number of carboxylic acids is 1. The Hall–Kier alpha value is -3.84. The molecule has 0 aliphatic carbocycles. The van der Waals surface area contributed by atoms with Gasteiger partial charge in [-0.25, -0.2) is 9.78 Å². The highest BCUT2D eigenvalue weighted by Gasteiger charge is 2.35. The number of rotatable bonds is 5. The first-order chi connectivity index (χ1) is 15.2. The predicted molar refractivity (Wildman–Crippen MR) is 111 cm³/mol. The molecule has 4 rings (SSSR count). The molecule has 0 bridgehead atoms. The zero-order chi connectivity index (χ0) is 23.0. The molecule has 10 heteroatoms. The lowest BCUT2D eigenvalue weighted by Gasteiger charge is -2.19. The van der Waals surface area contributed by atoms with Crippen molar-refractivity contribution in [3.05, 3.63) is 76.4 Å². The number of nitrogens with zero attached hydrogens (tertiary/aromatic N) is 3. The van der Waals surface area contributed by atoms with E-state index < -0.39 is 23.8 Å². The lowest BCUT2D eigenvalue weighted by Crippen LogP contribution is -2.14. The van der Waals surface area contributed by atoms with Crippen LogP contribution in [-0.4, -0.2) is 20.6 Å². The fraction of sp³-hybridized carbons (Fsp3) is 0.136. The number of carboxylic acid groups (broad SMARTS) is 1. The number of nitriles is 1. The van der Waals surface area contributed by atoms with Crippen molar-refractivity contribution in [3.8, 4) is 16.8 Å². The van der Waals surface area contributed by atoms with Gasteiger partial charge in [0.05, 0.1) is 28.2 Å². The van der Waals surface area contributed by atoms with E-state index in [2.05, 4.69) is 4.98 Å². The summed E-state index contributed by atoms with van der Waals surface area (Å²) in [7, 11) is 0. The van der Waals surface area contributed by atoms with E-state index in [1.54, 1.807) is 22.8 Å². The van der Waals surface area contributed by atoms with E-state index in [-0.39, 0.29) is 16.2 Å². The molecule has 0 aliphatic rings. The van der Waals surface area contributed by atoms with Gasteiger partial charge in [0, 0.05) is 11.6 Å². The smallest absolute Gasteiger partial charge is 0.416 e. The number of hydrogen-bond donors (Lipinski definition) is 1. The molecule has 32 heavy (non-hydrogen) atoms. The topological polar surface area (TPSA) is 88.1 Å². The van der Waals surface area contributed by atoms with Crippen LogP contribution < -0.4 is 4.74 Å². The third kappa shape index (κ3) is 3.90. The van der Waals surface area contributed by atoms with Gasteiger partial charge < -0.3 is 9.84 Å². The lowest BCUT2D eigenvalue weighted by molar-refractivity contribution is -0.139. The Morgan fingerprint density at radius 3 is 2.69 bits per heavy atom. The Morgan fingerprint density at radius 1 is 1.25 bits per heavy atom. The van der Waals surface area contributed by atoms with E-state index in [1.165, 1.54) is 37.5 Å². The molecule has 0 unspecified atom stereocenters. The molecule has 2 heterocycles. The van der Waals surface area contributed by atoms with Crippen molar-refractivity contribution in [2.24, 2.45) is 0 Å². The highest BCUT2D eigenvalue weighted by molar-refractivity contribution is 7.16. The molecular formula is C22H14F3N3O3S. The Kier molecular flexibility index (Phi) is 5.36. The van der Waals surface area contributed by atoms with Crippen molar-refractivity contribution in [2.45, 2.75) is 19.2 Å². The minimum atomic E-state index is -4.57. The molecule has 1 atom stereocenters. The lowest BCUT2D eigenvalue weighted by atomic mass is 10.0. The van der Waals surface area contributed by atoms with Gasteiger partial charge in [0.2, 0.25) is 0 Å². The quantitative estimate of drug-likeness (QED) is 0.408. The summed E-state index contributed by atoms with van der Waals surface area (Å²) in [4.78, 5) is 15.9. The fourth-order valence-electron chi connectivity index (χ4n) is 3.33. The monoisotopic (exact) mass is 457 g/mol. The van der Waals surface area contributed by atoms with Crippen molar-refractivity contribution in [1.82, 2.24) is 9.55 Å². The zero-order valence-electron chi connectivity index (χ0n) is 16.4. The van der Waals surface area contributed by atoms with E-state index in [9.17, 15) is 23.1 Å². The van der Waals surface area contributed by atoms with Crippen molar-refractivity contribution in [2.75, 3.05) is 0 Å². The van der Waals surface area contributed by atoms with Gasteiger partial charge in [-0.3, -0.25) is 4.57 Å². The number of halogens is 3. The Morgan fingerprint density at radius 2 is 2.00 bits per heavy atom. The number of alkyl halides is 3. The number of ether oxygens (including phenoxy) is 1. The fourth-order valence-corrected chi connectivity index (χ4v) is 4.25. The summed E-state index contributed by atoms with van der Waals surface area (Å²) >= 11 is 0.894. The number of aromatic nitrogens is 2. The number of fused-ring (bicyclic) bond motifs is 1. The van der Waals surface area contributed by atoms with Crippen LogP contribution in [0.15, 0.2) is 54.9 Å². The molecule has 0 radical (unpaired) electrons. The second-order valence-electron chi connectivity index (χ2n) is 6.86. The Labute approximate surface area is 183 Å². The van der Waals surface area contributed by atoms with Crippen LogP contribution in [0.3, 0.4) is 0 Å². The third-order valence-corrected chi connectivity index (χ3v) is 5.90. The number of carbonyl (C=O) groups is 1. The maximum absolute atomic E-state index is 13.4. The molecule has 2 aromatic carbocycles. The summed E-state index contributed by atoms with van der Waals surface area (Å²) < 4.78 is 47.4. The second kappa shape index (κ2) is 8.01. The van der Waals surface area contributed by atoms with E-state index in [0.717, 1.165) is 17.4 Å². The van der Waals surface area contributed by atoms with Gasteiger partial charge in [0.25, 0.3) is 0 Å². The first-order valence-corrected chi connectivity index (χ1v) is 10.1. The van der Waals surface area contributed by atoms with Gasteiger partial charge in [0.15, 0.2) is 4.88 Å². The molecule has 162 valence electrons. The molecule has 0 amide bonds. The molecule has 6 nitrogen and oxygen atoms in total. The van der Waals surface area contributed by atoms with E-state index in [1.807, 2.05) is 6.07 Å². The molecule has 1 N–H and O–H groups in total. The van der Waals surface area contributed by atoms with Crippen LogP contribution in [-0.2, 0) is 6.18 Å². The maximum Gasteiger partial charge on any atom is 0.416 e. The predicted octanol–water partition coefficient (Wildman–Crippen LogP) is 5.82. The van der Waals surface area contributed by atoms with Crippen LogP contribution in [0.5, 0.6) is 5.75 Å². The van der Waals surface area contributed by atoms with Gasteiger partial charge in [-0.1, -0.05) is 18.2 Å². The van der Waals surface area contributed by atoms with Crippen molar-refractivity contribution in [3.63, 3.8) is 0 Å². The highest BCUT2D eigenvalue weighted by atomic mass is 32.1. The second-order valence-corrected chi connectivity index (χ2v) is 7.89. The number of benzene rings is 2. The normalized spacial score (nSPS) is 12.5. The standard InChI is InChI=1S/C22H14F3N3O3S/c1-12(14-4-2-3-5-15(14)22(23,24)25)31-18-9-19(32-20(18)21(29)30)28-11-27-16-7-6-13(10-26)8-17(16)28/h2-9,11-12H,1H3,(H,29,30)/t12-/m1/s1. The van der Waals surface area contributed by atoms with Gasteiger partial charge in [-0.15, -0.1) is 11.3 Å². The Bertz CT molecular complexity index is 1370. The van der Waals surface area contributed by atoms with Crippen molar-refractivity contribution in [1.29, 1.82) is 5.26 Å². The summed E-state index contributed by atoms with van der Waals surface area (Å²) in [6.07, 6.45) is -4.15. The van der Waals surface area contributed by atoms with Gasteiger partial charge in [-0.2, -0.15) is 18.4 Å². The number of thiophene rings is 1. The van der Waals surface area contributed by atoms with Crippen LogP contribution in [0, 0.1) is 11.3 Å². The number of aromatic carboxylic acids is 1. The molecule has 4 aromatic rings. The van der Waals surface area contributed by atoms with Gasteiger partial charge in [0.1, 0.15) is 23.2 Å². The van der Waals surface area contributed by atoms with Gasteiger partial charge in [-0.05, 0) is 31.2 Å². The number of imidazole rings is 1. The van der Waals surface area contributed by atoms with E-state index in [4.69, 9.17) is 10.00 Å². The average molecular weight is 457 g/mol. The summed E-state index contributed by atoms with van der Waals surface area (Å²) in [5, 5.41) is 19.2. The average Bonchev–Trinajstić information content (AvgIpc) is 3.36. The van der Waals surface area contributed by atoms with Crippen molar-refractivity contribution < 1.29 is 27.8 Å². The SMILES string of the molecule is C[C@@H](Oc1cc(-n2cnc3ccc(C#N)cc32)sc1C(=O)O)c1ccccc1C(F)(F)F. The Balaban J connectivity index is 1.75. The van der Waals surface area contributed by atoms with E-state index in [0.29, 0.717) is 21.6 Å².